The lowest BCUT2D eigenvalue weighted by Gasteiger charge is -2.40. The number of anilines is 1. The van der Waals surface area contributed by atoms with Crippen molar-refractivity contribution < 1.29 is 19.7 Å². The number of carbonyl (C=O) groups is 1. The van der Waals surface area contributed by atoms with Gasteiger partial charge in [0, 0.05) is 36.5 Å². The van der Waals surface area contributed by atoms with Crippen LogP contribution in [0.5, 0.6) is 0 Å². The average molecular weight is 540 g/mol. The molecule has 3 heterocycles. The van der Waals surface area contributed by atoms with Gasteiger partial charge in [-0.3, -0.25) is 9.78 Å². The van der Waals surface area contributed by atoms with Gasteiger partial charge in [-0.15, -0.1) is 0 Å². The largest absolute Gasteiger partial charge is 0.463 e. The Morgan fingerprint density at radius 1 is 1.18 bits per heavy atom. The first-order chi connectivity index (χ1) is 18.2. The number of nitrogens with zero attached hydrogens (tertiary/aromatic N) is 2. The van der Waals surface area contributed by atoms with Crippen LogP contribution in [0.15, 0.2) is 18.2 Å². The Morgan fingerprint density at radius 3 is 2.41 bits per heavy atom. The zero-order valence-electron chi connectivity index (χ0n) is 25.3. The standard InChI is InChI=1S/C28H39N3O3.C4H10O/c1-18(2)34-25(33)15-23-19(3)30-24(17-32)26(27(23)31-12-9-28(4,5)10-13-31)21-6-7-22-16-29-11-8-20(22)14-21;1-4(2,3)5/h6-7,14,18,29,32H,8-13,15-17H2,1-5H3;5H,1-3H3. The molecule has 1 aromatic carbocycles. The molecule has 1 saturated heterocycles. The summed E-state index contributed by atoms with van der Waals surface area (Å²) in [5.41, 5.74) is 7.90. The lowest BCUT2D eigenvalue weighted by atomic mass is 9.81. The number of aryl methyl sites for hydroxylation is 1. The molecule has 1 fully saturated rings. The van der Waals surface area contributed by atoms with E-state index in [1.54, 1.807) is 20.8 Å². The van der Waals surface area contributed by atoms with E-state index in [0.29, 0.717) is 11.1 Å². The maximum atomic E-state index is 12.8. The molecular weight excluding hydrogens is 490 g/mol. The number of aliphatic hydroxyl groups excluding tert-OH is 1. The number of carbonyl (C=O) groups excluding carboxylic acids is 1. The van der Waals surface area contributed by atoms with E-state index in [4.69, 9.17) is 14.8 Å². The highest BCUT2D eigenvalue weighted by Crippen LogP contribution is 2.42. The van der Waals surface area contributed by atoms with E-state index in [0.717, 1.165) is 73.5 Å². The Kier molecular flexibility index (Phi) is 10.2. The summed E-state index contributed by atoms with van der Waals surface area (Å²) in [6.07, 6.45) is 3.16. The summed E-state index contributed by atoms with van der Waals surface area (Å²) in [6.45, 7) is 19.1. The molecule has 2 aliphatic heterocycles. The van der Waals surface area contributed by atoms with Crippen LogP contribution in [-0.4, -0.2) is 52.5 Å². The van der Waals surface area contributed by atoms with E-state index in [2.05, 4.69) is 42.3 Å². The number of hydrogen-bond donors (Lipinski definition) is 3. The van der Waals surface area contributed by atoms with Crippen LogP contribution < -0.4 is 10.2 Å². The van der Waals surface area contributed by atoms with E-state index < -0.39 is 5.60 Å². The third-order valence-electron chi connectivity index (χ3n) is 7.20. The number of rotatable bonds is 6. The Balaban J connectivity index is 0.000000771. The van der Waals surface area contributed by atoms with E-state index in [1.807, 2.05) is 20.8 Å². The third-order valence-corrected chi connectivity index (χ3v) is 7.20. The van der Waals surface area contributed by atoms with Crippen LogP contribution in [0, 0.1) is 12.3 Å². The number of fused-ring (bicyclic) bond motifs is 1. The van der Waals surface area contributed by atoms with E-state index in [1.165, 1.54) is 11.1 Å². The number of esters is 1. The maximum absolute atomic E-state index is 12.8. The van der Waals surface area contributed by atoms with Crippen molar-refractivity contribution in [3.63, 3.8) is 0 Å². The fraction of sp³-hybridized carbons (Fsp3) is 0.625. The number of ether oxygens (including phenoxy) is 1. The molecule has 0 unspecified atom stereocenters. The predicted molar refractivity (Wildman–Crippen MR) is 158 cm³/mol. The zero-order chi connectivity index (χ0) is 29.0. The molecule has 2 aliphatic rings. The summed E-state index contributed by atoms with van der Waals surface area (Å²) in [5.74, 6) is -0.238. The molecule has 0 saturated carbocycles. The Morgan fingerprint density at radius 2 is 1.82 bits per heavy atom. The van der Waals surface area contributed by atoms with E-state index in [-0.39, 0.29) is 25.1 Å². The van der Waals surface area contributed by atoms with Crippen molar-refractivity contribution in [2.75, 3.05) is 24.5 Å². The van der Waals surface area contributed by atoms with Crippen LogP contribution in [0.3, 0.4) is 0 Å². The van der Waals surface area contributed by atoms with Crippen molar-refractivity contribution in [3.05, 3.63) is 46.3 Å². The van der Waals surface area contributed by atoms with E-state index in [9.17, 15) is 9.90 Å². The van der Waals surface area contributed by atoms with Gasteiger partial charge < -0.3 is 25.2 Å². The van der Waals surface area contributed by atoms with Gasteiger partial charge in [-0.1, -0.05) is 32.0 Å². The summed E-state index contributed by atoms with van der Waals surface area (Å²) < 4.78 is 5.52. The monoisotopic (exact) mass is 539 g/mol. The summed E-state index contributed by atoms with van der Waals surface area (Å²) in [6, 6.07) is 6.59. The van der Waals surface area contributed by atoms with Crippen LogP contribution in [0.2, 0.25) is 0 Å². The predicted octanol–water partition coefficient (Wildman–Crippen LogP) is 5.09. The minimum atomic E-state index is -0.500. The van der Waals surface area contributed by atoms with Gasteiger partial charge in [0.1, 0.15) is 0 Å². The fourth-order valence-corrected chi connectivity index (χ4v) is 5.18. The van der Waals surface area contributed by atoms with Crippen LogP contribution >= 0.6 is 0 Å². The fourth-order valence-electron chi connectivity index (χ4n) is 5.18. The molecule has 2 aromatic rings. The van der Waals surface area contributed by atoms with Gasteiger partial charge in [-0.2, -0.15) is 0 Å². The quantitative estimate of drug-likeness (QED) is 0.440. The molecule has 7 heteroatoms. The van der Waals surface area contributed by atoms with E-state index >= 15 is 0 Å². The molecule has 3 N–H and O–H groups in total. The molecule has 216 valence electrons. The maximum Gasteiger partial charge on any atom is 0.310 e. The Labute approximate surface area is 235 Å². The Hall–Kier alpha value is -2.48. The highest BCUT2D eigenvalue weighted by molar-refractivity contribution is 5.87. The number of piperidine rings is 1. The topological polar surface area (TPSA) is 94.9 Å². The summed E-state index contributed by atoms with van der Waals surface area (Å²) in [5, 5.41) is 22.3. The first kappa shape index (κ1) is 31.1. The van der Waals surface area contributed by atoms with Crippen LogP contribution in [0.4, 0.5) is 5.69 Å². The van der Waals surface area contributed by atoms with Crippen molar-refractivity contribution in [1.82, 2.24) is 10.3 Å². The molecule has 0 radical (unpaired) electrons. The first-order valence-electron chi connectivity index (χ1n) is 14.3. The first-order valence-corrected chi connectivity index (χ1v) is 14.3. The van der Waals surface area contributed by atoms with Crippen molar-refractivity contribution in [2.45, 2.75) is 106 Å². The normalized spacial score (nSPS) is 16.8. The minimum absolute atomic E-state index is 0.141. The molecule has 0 atom stereocenters. The summed E-state index contributed by atoms with van der Waals surface area (Å²) >= 11 is 0. The smallest absolute Gasteiger partial charge is 0.310 e. The highest BCUT2D eigenvalue weighted by atomic mass is 16.5. The number of benzene rings is 1. The van der Waals surface area contributed by atoms with Crippen LogP contribution in [-0.2, 0) is 35.5 Å². The number of aliphatic hydroxyl groups is 2. The van der Waals surface area contributed by atoms with Gasteiger partial charge in [0.25, 0.3) is 0 Å². The molecule has 0 spiro atoms. The van der Waals surface area contributed by atoms with Crippen LogP contribution in [0.1, 0.15) is 89.4 Å². The second-order valence-electron chi connectivity index (χ2n) is 13.0. The molecular formula is C32H49N3O4. The summed E-state index contributed by atoms with van der Waals surface area (Å²) in [4.78, 5) is 20.0. The van der Waals surface area contributed by atoms with Crippen molar-refractivity contribution in [3.8, 4) is 11.1 Å². The average Bonchev–Trinajstić information content (AvgIpc) is 2.83. The molecule has 4 rings (SSSR count). The Bertz CT molecular complexity index is 1140. The van der Waals surface area contributed by atoms with Gasteiger partial charge in [-0.25, -0.2) is 0 Å². The van der Waals surface area contributed by atoms with Gasteiger partial charge in [-0.05, 0) is 89.5 Å². The summed E-state index contributed by atoms with van der Waals surface area (Å²) in [7, 11) is 0. The number of pyridine rings is 1. The molecule has 1 aromatic heterocycles. The number of hydrogen-bond acceptors (Lipinski definition) is 7. The molecule has 0 amide bonds. The zero-order valence-corrected chi connectivity index (χ0v) is 25.3. The third kappa shape index (κ3) is 8.75. The van der Waals surface area contributed by atoms with Crippen molar-refractivity contribution in [1.29, 1.82) is 0 Å². The molecule has 7 nitrogen and oxygen atoms in total. The van der Waals surface area contributed by atoms with Crippen molar-refractivity contribution in [2.24, 2.45) is 5.41 Å². The van der Waals surface area contributed by atoms with Crippen LogP contribution in [0.25, 0.3) is 11.1 Å². The van der Waals surface area contributed by atoms with Gasteiger partial charge >= 0.3 is 5.97 Å². The second-order valence-corrected chi connectivity index (χ2v) is 13.0. The van der Waals surface area contributed by atoms with Crippen molar-refractivity contribution >= 4 is 11.7 Å². The lowest BCUT2D eigenvalue weighted by Crippen LogP contribution is -2.38. The minimum Gasteiger partial charge on any atom is -0.463 e. The molecule has 39 heavy (non-hydrogen) atoms. The SMILES string of the molecule is CC(C)(C)O.Cc1nc(CO)c(-c2ccc3c(c2)CCNC3)c(N2CCC(C)(C)CC2)c1CC(=O)OC(C)C. The second kappa shape index (κ2) is 12.8. The lowest BCUT2D eigenvalue weighted by molar-refractivity contribution is -0.146. The number of aromatic nitrogens is 1. The highest BCUT2D eigenvalue weighted by Gasteiger charge is 2.31. The number of nitrogens with one attached hydrogen (secondary N) is 1. The van der Waals surface area contributed by atoms with Gasteiger partial charge in [0.05, 0.1) is 36.1 Å². The molecule has 0 bridgehead atoms. The molecule has 0 aliphatic carbocycles. The van der Waals surface area contributed by atoms with Gasteiger partial charge in [0.15, 0.2) is 0 Å². The van der Waals surface area contributed by atoms with Gasteiger partial charge in [0.2, 0.25) is 0 Å².